The Bertz CT molecular complexity index is 160. The number of rotatable bonds is 2. The van der Waals surface area contributed by atoms with E-state index in [2.05, 4.69) is 5.16 Å². The Morgan fingerprint density at radius 1 is 1.73 bits per heavy atom. The summed E-state index contributed by atoms with van der Waals surface area (Å²) in [4.78, 5) is 1.94. The summed E-state index contributed by atoms with van der Waals surface area (Å²) in [6, 6.07) is 0. The molecule has 5 heteroatoms. The fourth-order valence-electron chi connectivity index (χ4n) is 1.22. The van der Waals surface area contributed by atoms with Crippen LogP contribution in [0.25, 0.3) is 0 Å². The normalized spacial score (nSPS) is 27.7. The van der Waals surface area contributed by atoms with Gasteiger partial charge in [0.2, 0.25) is 0 Å². The highest BCUT2D eigenvalue weighted by Crippen LogP contribution is 2.07. The fourth-order valence-corrected chi connectivity index (χ4v) is 1.22. The Labute approximate surface area is 65.1 Å². The maximum atomic E-state index is 9.10. The SMILES string of the molecule is N/C(CN1CCC(O)C1)=N\O. The van der Waals surface area contributed by atoms with E-state index in [1.54, 1.807) is 0 Å². The van der Waals surface area contributed by atoms with Crippen molar-refractivity contribution in [1.82, 2.24) is 4.90 Å². The highest BCUT2D eigenvalue weighted by molar-refractivity contribution is 5.81. The largest absolute Gasteiger partial charge is 0.409 e. The summed E-state index contributed by atoms with van der Waals surface area (Å²) in [6.07, 6.45) is 0.528. The van der Waals surface area contributed by atoms with E-state index in [0.717, 1.165) is 13.0 Å². The smallest absolute Gasteiger partial charge is 0.153 e. The number of nitrogens with two attached hydrogens (primary N) is 1. The molecular weight excluding hydrogens is 146 g/mol. The zero-order chi connectivity index (χ0) is 8.27. The van der Waals surface area contributed by atoms with Crippen LogP contribution in [0, 0.1) is 0 Å². The number of β-amino-alcohol motifs (C(OH)–C–C–N with tert-alkyl or cyclic N) is 1. The van der Waals surface area contributed by atoms with E-state index in [9.17, 15) is 0 Å². The van der Waals surface area contributed by atoms with Crippen LogP contribution in [0.3, 0.4) is 0 Å². The third-order valence-corrected chi connectivity index (χ3v) is 1.76. The van der Waals surface area contributed by atoms with Crippen molar-refractivity contribution < 1.29 is 10.3 Å². The molecule has 64 valence electrons. The lowest BCUT2D eigenvalue weighted by atomic mass is 10.3. The molecule has 1 rings (SSSR count). The van der Waals surface area contributed by atoms with Crippen molar-refractivity contribution in [2.24, 2.45) is 10.9 Å². The Kier molecular flexibility index (Phi) is 2.67. The number of hydrogen-bond donors (Lipinski definition) is 3. The van der Waals surface area contributed by atoms with Crippen LogP contribution >= 0.6 is 0 Å². The first-order valence-electron chi connectivity index (χ1n) is 3.59. The van der Waals surface area contributed by atoms with E-state index in [1.165, 1.54) is 0 Å². The second kappa shape index (κ2) is 3.54. The highest BCUT2D eigenvalue weighted by atomic mass is 16.4. The summed E-state index contributed by atoms with van der Waals surface area (Å²) in [5, 5.41) is 20.2. The van der Waals surface area contributed by atoms with Crippen molar-refractivity contribution in [1.29, 1.82) is 0 Å². The first kappa shape index (κ1) is 8.29. The molecule has 0 spiro atoms. The van der Waals surface area contributed by atoms with Crippen LogP contribution in [0.15, 0.2) is 5.16 Å². The van der Waals surface area contributed by atoms with Crippen LogP contribution in [0.5, 0.6) is 0 Å². The van der Waals surface area contributed by atoms with Gasteiger partial charge in [-0.3, -0.25) is 4.90 Å². The lowest BCUT2D eigenvalue weighted by Gasteiger charge is -2.12. The van der Waals surface area contributed by atoms with Crippen molar-refractivity contribution in [3.8, 4) is 0 Å². The molecule has 1 unspecified atom stereocenters. The number of aliphatic hydroxyl groups excluding tert-OH is 1. The van der Waals surface area contributed by atoms with Crippen LogP contribution in [-0.4, -0.2) is 46.8 Å². The van der Waals surface area contributed by atoms with Gasteiger partial charge in [0.05, 0.1) is 12.6 Å². The lowest BCUT2D eigenvalue weighted by Crippen LogP contribution is -2.32. The first-order valence-corrected chi connectivity index (χ1v) is 3.59. The third kappa shape index (κ3) is 2.36. The molecule has 0 amide bonds. The molecule has 5 nitrogen and oxygen atoms in total. The second-order valence-electron chi connectivity index (χ2n) is 2.77. The Hall–Kier alpha value is -0.810. The maximum absolute atomic E-state index is 9.10. The van der Waals surface area contributed by atoms with Crippen LogP contribution in [0.2, 0.25) is 0 Å². The highest BCUT2D eigenvalue weighted by Gasteiger charge is 2.20. The average molecular weight is 159 g/mol. The topological polar surface area (TPSA) is 82.1 Å². The van der Waals surface area contributed by atoms with Gasteiger partial charge in [-0.05, 0) is 6.42 Å². The van der Waals surface area contributed by atoms with E-state index in [4.69, 9.17) is 16.0 Å². The third-order valence-electron chi connectivity index (χ3n) is 1.76. The lowest BCUT2D eigenvalue weighted by molar-refractivity contribution is 0.180. The van der Waals surface area contributed by atoms with Crippen molar-refractivity contribution in [2.75, 3.05) is 19.6 Å². The molecule has 1 atom stereocenters. The molecule has 1 fully saturated rings. The van der Waals surface area contributed by atoms with Gasteiger partial charge >= 0.3 is 0 Å². The monoisotopic (exact) mass is 159 g/mol. The van der Waals surface area contributed by atoms with Gasteiger partial charge < -0.3 is 16.0 Å². The molecule has 1 aliphatic rings. The van der Waals surface area contributed by atoms with E-state index in [-0.39, 0.29) is 11.9 Å². The van der Waals surface area contributed by atoms with Crippen molar-refractivity contribution >= 4 is 5.84 Å². The number of hydrogen-bond acceptors (Lipinski definition) is 4. The standard InChI is InChI=1S/C6H13N3O2/c7-6(8-11)4-9-2-1-5(10)3-9/h5,10-11H,1-4H2,(H2,7,8). The number of aliphatic hydroxyl groups is 1. The quantitative estimate of drug-likeness (QED) is 0.204. The minimum absolute atomic E-state index is 0.194. The zero-order valence-corrected chi connectivity index (χ0v) is 6.27. The van der Waals surface area contributed by atoms with Gasteiger partial charge in [-0.25, -0.2) is 0 Å². The molecule has 11 heavy (non-hydrogen) atoms. The van der Waals surface area contributed by atoms with Crippen molar-refractivity contribution in [3.63, 3.8) is 0 Å². The van der Waals surface area contributed by atoms with Gasteiger partial charge in [-0.15, -0.1) is 0 Å². The first-order chi connectivity index (χ1) is 5.22. The minimum Gasteiger partial charge on any atom is -0.409 e. The van der Waals surface area contributed by atoms with Crippen LogP contribution in [-0.2, 0) is 0 Å². The number of amidine groups is 1. The minimum atomic E-state index is -0.249. The summed E-state index contributed by atoms with van der Waals surface area (Å²) in [6.45, 7) is 1.88. The van der Waals surface area contributed by atoms with E-state index in [0.29, 0.717) is 13.1 Å². The molecule has 0 aromatic carbocycles. The van der Waals surface area contributed by atoms with Crippen LogP contribution in [0.1, 0.15) is 6.42 Å². The second-order valence-corrected chi connectivity index (χ2v) is 2.77. The molecule has 0 aliphatic carbocycles. The van der Waals surface area contributed by atoms with Crippen LogP contribution < -0.4 is 5.73 Å². The summed E-state index contributed by atoms with van der Waals surface area (Å²) in [5.74, 6) is 0.194. The van der Waals surface area contributed by atoms with Crippen molar-refractivity contribution in [2.45, 2.75) is 12.5 Å². The van der Waals surface area contributed by atoms with Crippen LogP contribution in [0.4, 0.5) is 0 Å². The van der Waals surface area contributed by atoms with Gasteiger partial charge in [0.25, 0.3) is 0 Å². The fraction of sp³-hybridized carbons (Fsp3) is 0.833. The predicted molar refractivity (Wildman–Crippen MR) is 40.5 cm³/mol. The molecule has 4 N–H and O–H groups in total. The van der Waals surface area contributed by atoms with Gasteiger partial charge in [0.1, 0.15) is 0 Å². The number of oxime groups is 1. The van der Waals surface area contributed by atoms with Gasteiger partial charge in [-0.1, -0.05) is 5.16 Å². The Morgan fingerprint density at radius 2 is 2.45 bits per heavy atom. The summed E-state index contributed by atoms with van der Waals surface area (Å²) < 4.78 is 0. The van der Waals surface area contributed by atoms with Gasteiger partial charge in [-0.2, -0.15) is 0 Å². The van der Waals surface area contributed by atoms with Gasteiger partial charge in [0.15, 0.2) is 5.84 Å². The van der Waals surface area contributed by atoms with Crippen molar-refractivity contribution in [3.05, 3.63) is 0 Å². The molecule has 0 radical (unpaired) electrons. The molecule has 0 bridgehead atoms. The summed E-state index contributed by atoms with van der Waals surface area (Å²) in [5.41, 5.74) is 5.27. The van der Waals surface area contributed by atoms with E-state index in [1.807, 2.05) is 4.90 Å². The van der Waals surface area contributed by atoms with E-state index < -0.39 is 0 Å². The molecule has 0 aromatic heterocycles. The number of nitrogens with zero attached hydrogens (tertiary/aromatic N) is 2. The predicted octanol–water partition coefficient (Wildman–Crippen LogP) is -1.20. The number of likely N-dealkylation sites (tertiary alicyclic amines) is 1. The average Bonchev–Trinajstić information content (AvgIpc) is 2.35. The molecule has 1 saturated heterocycles. The maximum Gasteiger partial charge on any atom is 0.153 e. The summed E-state index contributed by atoms with van der Waals surface area (Å²) in [7, 11) is 0. The van der Waals surface area contributed by atoms with E-state index >= 15 is 0 Å². The molecule has 1 heterocycles. The molecule has 0 saturated carbocycles. The Balaban J connectivity index is 2.28. The molecular formula is C6H13N3O2. The molecule has 1 aliphatic heterocycles. The molecule has 0 aromatic rings. The van der Waals surface area contributed by atoms with Gasteiger partial charge in [0, 0.05) is 13.1 Å². The summed E-state index contributed by atoms with van der Waals surface area (Å²) >= 11 is 0. The Morgan fingerprint density at radius 3 is 2.91 bits per heavy atom. The zero-order valence-electron chi connectivity index (χ0n) is 6.27.